The average Bonchev–Trinajstić information content (AvgIpc) is 3.23. The molecule has 314 valence electrons. The van der Waals surface area contributed by atoms with Crippen LogP contribution in [0.1, 0.15) is 118 Å². The number of unbranched alkanes of at least 4 members (excludes halogenated alkanes) is 9. The molecule has 0 unspecified atom stereocenters. The number of thioether (sulfide) groups is 1. The van der Waals surface area contributed by atoms with Crippen molar-refractivity contribution in [3.05, 3.63) is 133 Å². The number of hydrogen-bond donors (Lipinski definition) is 1. The lowest BCUT2D eigenvalue weighted by Gasteiger charge is -2.08. The number of benzene rings is 4. The summed E-state index contributed by atoms with van der Waals surface area (Å²) in [7, 11) is 0. The van der Waals surface area contributed by atoms with Gasteiger partial charge in [0.15, 0.2) is 0 Å². The molecular weight excluding hydrogens is 785 g/mol. The first-order chi connectivity index (χ1) is 28.4. The molecule has 0 aliphatic rings. The summed E-state index contributed by atoms with van der Waals surface area (Å²) in [5.41, 5.74) is 4.94. The fourth-order valence-corrected chi connectivity index (χ4v) is 8.65. The highest BCUT2D eigenvalue weighted by molar-refractivity contribution is 7.99. The normalized spacial score (nSPS) is 11.3. The minimum absolute atomic E-state index is 0.157. The Morgan fingerprint density at radius 2 is 0.983 bits per heavy atom. The van der Waals surface area contributed by atoms with Crippen LogP contribution in [0.4, 0.5) is 11.4 Å². The summed E-state index contributed by atoms with van der Waals surface area (Å²) in [4.78, 5) is 26.5. The molecule has 0 radical (unpaired) electrons. The highest BCUT2D eigenvalue weighted by atomic mass is 32.2. The Morgan fingerprint density at radius 1 is 0.534 bits per heavy atom. The molecule has 0 heterocycles. The first kappa shape index (κ1) is 47.3. The van der Waals surface area contributed by atoms with Crippen LogP contribution in [0.25, 0.3) is 0 Å². The van der Waals surface area contributed by atoms with Crippen molar-refractivity contribution in [2.24, 2.45) is 0 Å². The van der Waals surface area contributed by atoms with Crippen LogP contribution in [0.3, 0.4) is 0 Å². The van der Waals surface area contributed by atoms with E-state index in [0.717, 1.165) is 99.7 Å². The van der Waals surface area contributed by atoms with Gasteiger partial charge in [0, 0.05) is 40.0 Å². The van der Waals surface area contributed by atoms with E-state index in [1.54, 1.807) is 23.9 Å². The fourth-order valence-electron chi connectivity index (χ4n) is 6.70. The molecule has 8 nitrogen and oxygen atoms in total. The van der Waals surface area contributed by atoms with Crippen molar-refractivity contribution >= 4 is 47.5 Å². The van der Waals surface area contributed by atoms with E-state index in [1.807, 2.05) is 36.0 Å². The van der Waals surface area contributed by atoms with Crippen molar-refractivity contribution in [2.75, 3.05) is 24.7 Å². The Kier molecular flexibility index (Phi) is 23.0. The second-order valence-corrected chi connectivity index (χ2v) is 17.6. The molecule has 0 saturated carbocycles. The van der Waals surface area contributed by atoms with E-state index in [-0.39, 0.29) is 34.4 Å². The van der Waals surface area contributed by atoms with Gasteiger partial charge in [-0.2, -0.15) is 12.6 Å². The minimum atomic E-state index is -0.292. The number of thiol groups is 1. The molecule has 0 aromatic heterocycles. The average molecular weight is 847 g/mol. The Balaban J connectivity index is 1.06. The summed E-state index contributed by atoms with van der Waals surface area (Å²) in [6, 6.07) is 28.6. The van der Waals surface area contributed by atoms with Gasteiger partial charge >= 0.3 is 0 Å². The Hall–Kier alpha value is -3.35. The largest absolute Gasteiger partial charge is 0.377 e. The highest BCUT2D eigenvalue weighted by Gasteiger charge is 2.16. The van der Waals surface area contributed by atoms with E-state index in [9.17, 15) is 20.2 Å². The number of hydrogen-bond acceptors (Lipinski definition) is 9. The van der Waals surface area contributed by atoms with Crippen LogP contribution in [0.5, 0.6) is 0 Å². The zero-order valence-corrected chi connectivity index (χ0v) is 36.8. The number of ether oxygens (including phenoxy) is 2. The zero-order chi connectivity index (χ0) is 41.2. The summed E-state index contributed by atoms with van der Waals surface area (Å²) < 4.78 is 11.7. The van der Waals surface area contributed by atoms with E-state index in [0.29, 0.717) is 24.3 Å². The van der Waals surface area contributed by atoms with E-state index in [2.05, 4.69) is 68.1 Å². The van der Waals surface area contributed by atoms with Gasteiger partial charge in [-0.15, -0.1) is 11.8 Å². The molecule has 4 aromatic rings. The van der Waals surface area contributed by atoms with Crippen LogP contribution < -0.4 is 0 Å². The lowest BCUT2D eigenvalue weighted by molar-refractivity contribution is -0.386. The molecule has 0 spiro atoms. The summed E-state index contributed by atoms with van der Waals surface area (Å²) in [6.07, 6.45) is 16.8. The lowest BCUT2D eigenvalue weighted by atomic mass is 10.0. The van der Waals surface area contributed by atoms with E-state index in [1.165, 1.54) is 45.9 Å². The molecule has 0 amide bonds. The van der Waals surface area contributed by atoms with Gasteiger partial charge in [0.05, 0.1) is 34.2 Å². The molecule has 58 heavy (non-hydrogen) atoms. The van der Waals surface area contributed by atoms with E-state index >= 15 is 0 Å². The van der Waals surface area contributed by atoms with Crippen LogP contribution in [-0.4, -0.2) is 34.6 Å². The van der Waals surface area contributed by atoms with E-state index < -0.39 is 0 Å². The van der Waals surface area contributed by atoms with Gasteiger partial charge in [0.1, 0.15) is 0 Å². The molecule has 0 aliphatic carbocycles. The van der Waals surface area contributed by atoms with Crippen molar-refractivity contribution in [1.82, 2.24) is 0 Å². The van der Waals surface area contributed by atoms with Crippen molar-refractivity contribution in [1.29, 1.82) is 0 Å². The standard InChI is InChI=1S/C47H62N2O6S3/c1-2-3-4-5-8-16-39-18-23-42(47(34-39)49(52)53)37-55-31-12-14-33-57-43-26-28-45(29-27-43)58-44-24-20-38(21-25-44)15-10-11-30-54-36-41-22-19-40(35-46(41)48(50)51)17-9-6-7-13-32-56/h18-29,34-35,56H,2-17,30-33,36-37H2,1H3. The highest BCUT2D eigenvalue weighted by Crippen LogP contribution is 2.31. The summed E-state index contributed by atoms with van der Waals surface area (Å²) in [5.74, 6) is 1.90. The van der Waals surface area contributed by atoms with Gasteiger partial charge in [-0.05, 0) is 141 Å². The third-order valence-corrected chi connectivity index (χ3v) is 12.5. The van der Waals surface area contributed by atoms with Gasteiger partial charge in [0.2, 0.25) is 0 Å². The summed E-state index contributed by atoms with van der Waals surface area (Å²) in [6.45, 7) is 3.88. The molecule has 0 fully saturated rings. The maximum atomic E-state index is 11.7. The molecule has 0 aliphatic heterocycles. The Morgan fingerprint density at radius 3 is 1.52 bits per heavy atom. The van der Waals surface area contributed by atoms with Gasteiger partial charge < -0.3 is 9.47 Å². The van der Waals surface area contributed by atoms with Gasteiger partial charge in [-0.3, -0.25) is 20.2 Å². The molecular formula is C47H62N2O6S3. The smallest absolute Gasteiger partial charge is 0.275 e. The van der Waals surface area contributed by atoms with Gasteiger partial charge in [0.25, 0.3) is 11.4 Å². The van der Waals surface area contributed by atoms with E-state index in [4.69, 9.17) is 9.47 Å². The number of nitro benzene ring substituents is 2. The van der Waals surface area contributed by atoms with Crippen LogP contribution in [0.15, 0.2) is 99.6 Å². The first-order valence-electron chi connectivity index (χ1n) is 21.1. The third kappa shape index (κ3) is 18.3. The maximum absolute atomic E-state index is 11.7. The van der Waals surface area contributed by atoms with Crippen LogP contribution in [0.2, 0.25) is 0 Å². The summed E-state index contributed by atoms with van der Waals surface area (Å²) >= 11 is 7.84. The van der Waals surface area contributed by atoms with Crippen LogP contribution >= 0.6 is 36.2 Å². The minimum Gasteiger partial charge on any atom is -0.377 e. The molecule has 0 saturated heterocycles. The van der Waals surface area contributed by atoms with Crippen LogP contribution in [0, 0.1) is 20.2 Å². The molecule has 0 N–H and O–H groups in total. The molecule has 4 rings (SSSR count). The van der Waals surface area contributed by atoms with Crippen molar-refractivity contribution < 1.29 is 19.3 Å². The van der Waals surface area contributed by atoms with Crippen molar-refractivity contribution in [3.63, 3.8) is 0 Å². The predicted octanol–water partition coefficient (Wildman–Crippen LogP) is 13.8. The van der Waals surface area contributed by atoms with Crippen molar-refractivity contribution in [2.45, 2.75) is 138 Å². The molecule has 0 bridgehead atoms. The quantitative estimate of drug-likeness (QED) is 0.0176. The van der Waals surface area contributed by atoms with Gasteiger partial charge in [-0.25, -0.2) is 0 Å². The fraction of sp³-hybridized carbons (Fsp3) is 0.489. The number of rotatable bonds is 31. The number of nitro groups is 2. The first-order valence-corrected chi connectivity index (χ1v) is 23.6. The molecule has 11 heteroatoms. The second kappa shape index (κ2) is 28.2. The third-order valence-electron chi connectivity index (χ3n) is 10.1. The molecule has 0 atom stereocenters. The second-order valence-electron chi connectivity index (χ2n) is 14.8. The number of aryl methyl sites for hydroxylation is 3. The Bertz CT molecular complexity index is 1790. The molecule has 4 aromatic carbocycles. The predicted molar refractivity (Wildman–Crippen MR) is 244 cm³/mol. The summed E-state index contributed by atoms with van der Waals surface area (Å²) in [5, 5.41) is 23.4. The topological polar surface area (TPSA) is 105 Å². The SMILES string of the molecule is CCCCCCCc1ccc(COCCCCSc2ccc(Sc3ccc(CCCCOCc4ccc(CCCCCCS)cc4[N+](=O)[O-])cc3)cc2)c([N+](=O)[O-])c1. The monoisotopic (exact) mass is 846 g/mol. The van der Waals surface area contributed by atoms with Crippen LogP contribution in [-0.2, 0) is 41.9 Å². The zero-order valence-electron chi connectivity index (χ0n) is 34.2. The number of nitrogens with zero attached hydrogens (tertiary/aromatic N) is 2. The van der Waals surface area contributed by atoms with Gasteiger partial charge in [-0.1, -0.05) is 81.5 Å². The maximum Gasteiger partial charge on any atom is 0.275 e. The lowest BCUT2D eigenvalue weighted by Crippen LogP contribution is -2.02. The van der Waals surface area contributed by atoms with Crippen molar-refractivity contribution in [3.8, 4) is 0 Å². The Labute approximate surface area is 360 Å².